The molecule has 1 amide bonds. The van der Waals surface area contributed by atoms with Gasteiger partial charge in [0.2, 0.25) is 5.91 Å². The molecular formula is C16H13FN2OS2. The molecule has 1 N–H and O–H groups in total. The highest BCUT2D eigenvalue weighted by Gasteiger charge is 2.08. The predicted molar refractivity (Wildman–Crippen MR) is 90.8 cm³/mol. The first-order chi connectivity index (χ1) is 10.7. The lowest BCUT2D eigenvalue weighted by Crippen LogP contribution is -2.13. The number of anilines is 1. The Bertz CT molecular complexity index is 789. The molecule has 0 saturated carbocycles. The van der Waals surface area contributed by atoms with Crippen molar-refractivity contribution in [3.63, 3.8) is 0 Å². The molecule has 0 unspecified atom stereocenters. The summed E-state index contributed by atoms with van der Waals surface area (Å²) in [7, 11) is 0. The van der Waals surface area contributed by atoms with E-state index in [1.807, 2.05) is 30.3 Å². The maximum Gasteiger partial charge on any atom is 0.236 e. The van der Waals surface area contributed by atoms with E-state index in [1.165, 1.54) is 29.0 Å². The van der Waals surface area contributed by atoms with Crippen molar-refractivity contribution in [1.29, 1.82) is 0 Å². The second kappa shape index (κ2) is 6.89. The lowest BCUT2D eigenvalue weighted by atomic mass is 10.2. The number of nitrogens with zero attached hydrogens (tertiary/aromatic N) is 1. The first-order valence-electron chi connectivity index (χ1n) is 6.68. The van der Waals surface area contributed by atoms with E-state index in [4.69, 9.17) is 0 Å². The number of thiazole rings is 1. The summed E-state index contributed by atoms with van der Waals surface area (Å²) < 4.78 is 13.9. The number of fused-ring (bicyclic) bond motifs is 1. The number of halogens is 1. The van der Waals surface area contributed by atoms with Crippen LogP contribution in [0.1, 0.15) is 5.56 Å². The predicted octanol–water partition coefficient (Wildman–Crippen LogP) is 4.31. The van der Waals surface area contributed by atoms with Crippen LogP contribution in [-0.4, -0.2) is 16.6 Å². The molecule has 0 bridgehead atoms. The van der Waals surface area contributed by atoms with E-state index in [9.17, 15) is 9.18 Å². The summed E-state index contributed by atoms with van der Waals surface area (Å²) in [5.41, 5.74) is 1.88. The van der Waals surface area contributed by atoms with Crippen LogP contribution in [0.3, 0.4) is 0 Å². The SMILES string of the molecule is O=C(CSCc1ccccc1)Nc1nc2ccc(F)cc2s1. The minimum absolute atomic E-state index is 0.0968. The van der Waals surface area contributed by atoms with Crippen molar-refractivity contribution in [2.75, 3.05) is 11.1 Å². The van der Waals surface area contributed by atoms with Crippen LogP contribution in [0.5, 0.6) is 0 Å². The average molecular weight is 332 g/mol. The van der Waals surface area contributed by atoms with Crippen molar-refractivity contribution >= 4 is 44.4 Å². The topological polar surface area (TPSA) is 42.0 Å². The van der Waals surface area contributed by atoms with Crippen molar-refractivity contribution in [2.45, 2.75) is 5.75 Å². The lowest BCUT2D eigenvalue weighted by molar-refractivity contribution is -0.113. The molecule has 22 heavy (non-hydrogen) atoms. The highest BCUT2D eigenvalue weighted by Crippen LogP contribution is 2.26. The molecule has 0 saturated heterocycles. The Hall–Kier alpha value is -1.92. The highest BCUT2D eigenvalue weighted by molar-refractivity contribution is 7.99. The van der Waals surface area contributed by atoms with Gasteiger partial charge in [-0.05, 0) is 23.8 Å². The Balaban J connectivity index is 1.54. The van der Waals surface area contributed by atoms with E-state index in [1.54, 1.807) is 17.8 Å². The Morgan fingerprint density at radius 1 is 1.23 bits per heavy atom. The maximum absolute atomic E-state index is 13.1. The van der Waals surface area contributed by atoms with Crippen LogP contribution in [0.15, 0.2) is 48.5 Å². The number of amides is 1. The number of hydrogen-bond acceptors (Lipinski definition) is 4. The molecule has 0 radical (unpaired) electrons. The summed E-state index contributed by atoms with van der Waals surface area (Å²) in [6, 6.07) is 14.4. The normalized spacial score (nSPS) is 10.8. The Morgan fingerprint density at radius 2 is 2.05 bits per heavy atom. The number of rotatable bonds is 5. The highest BCUT2D eigenvalue weighted by atomic mass is 32.2. The smallest absolute Gasteiger partial charge is 0.236 e. The van der Waals surface area contributed by atoms with Crippen LogP contribution < -0.4 is 5.32 Å². The van der Waals surface area contributed by atoms with Gasteiger partial charge in [-0.1, -0.05) is 41.7 Å². The molecule has 1 aromatic heterocycles. The number of carbonyl (C=O) groups is 1. The van der Waals surface area contributed by atoms with Crippen LogP contribution in [0.25, 0.3) is 10.2 Å². The van der Waals surface area contributed by atoms with E-state index < -0.39 is 0 Å². The van der Waals surface area contributed by atoms with Crippen LogP contribution >= 0.6 is 23.1 Å². The monoisotopic (exact) mass is 332 g/mol. The molecule has 0 aliphatic carbocycles. The summed E-state index contributed by atoms with van der Waals surface area (Å²) in [5.74, 6) is 0.756. The summed E-state index contributed by atoms with van der Waals surface area (Å²) in [4.78, 5) is 16.2. The van der Waals surface area contributed by atoms with Gasteiger partial charge in [-0.3, -0.25) is 4.79 Å². The minimum atomic E-state index is -0.299. The van der Waals surface area contributed by atoms with E-state index in [2.05, 4.69) is 10.3 Å². The minimum Gasteiger partial charge on any atom is -0.301 e. The van der Waals surface area contributed by atoms with E-state index in [0.29, 0.717) is 16.4 Å². The second-order valence-electron chi connectivity index (χ2n) is 4.66. The molecule has 3 rings (SSSR count). The van der Waals surface area contributed by atoms with E-state index in [-0.39, 0.29) is 11.7 Å². The van der Waals surface area contributed by atoms with Gasteiger partial charge < -0.3 is 5.32 Å². The molecule has 0 fully saturated rings. The Labute approximate surface area is 135 Å². The Kier molecular flexibility index (Phi) is 4.70. The fourth-order valence-electron chi connectivity index (χ4n) is 1.94. The van der Waals surface area contributed by atoms with Crippen molar-refractivity contribution in [3.05, 3.63) is 59.9 Å². The average Bonchev–Trinajstić information content (AvgIpc) is 2.89. The summed E-state index contributed by atoms with van der Waals surface area (Å²) in [5, 5.41) is 3.27. The molecule has 0 aliphatic heterocycles. The first kappa shape index (κ1) is 15.0. The zero-order chi connectivity index (χ0) is 15.4. The number of hydrogen-bond donors (Lipinski definition) is 1. The number of nitrogens with one attached hydrogen (secondary N) is 1. The Morgan fingerprint density at radius 3 is 2.86 bits per heavy atom. The largest absolute Gasteiger partial charge is 0.301 e. The molecule has 112 valence electrons. The van der Waals surface area contributed by atoms with Crippen LogP contribution in [-0.2, 0) is 10.5 Å². The van der Waals surface area contributed by atoms with Crippen molar-refractivity contribution in [2.24, 2.45) is 0 Å². The van der Waals surface area contributed by atoms with Gasteiger partial charge in [-0.15, -0.1) is 11.8 Å². The fourth-order valence-corrected chi connectivity index (χ4v) is 3.64. The van der Waals surface area contributed by atoms with Crippen LogP contribution in [0, 0.1) is 5.82 Å². The first-order valence-corrected chi connectivity index (χ1v) is 8.65. The summed E-state index contributed by atoms with van der Waals surface area (Å²) in [6.45, 7) is 0. The van der Waals surface area contributed by atoms with Crippen molar-refractivity contribution < 1.29 is 9.18 Å². The molecule has 0 aliphatic rings. The number of benzene rings is 2. The van der Waals surface area contributed by atoms with Gasteiger partial charge in [-0.25, -0.2) is 9.37 Å². The standard InChI is InChI=1S/C16H13FN2OS2/c17-12-6-7-13-14(8-12)22-16(18-13)19-15(20)10-21-9-11-4-2-1-3-5-11/h1-8H,9-10H2,(H,18,19,20). The summed E-state index contributed by atoms with van der Waals surface area (Å²) >= 11 is 2.83. The number of aromatic nitrogens is 1. The van der Waals surface area contributed by atoms with Gasteiger partial charge in [0.25, 0.3) is 0 Å². The van der Waals surface area contributed by atoms with Gasteiger partial charge >= 0.3 is 0 Å². The fraction of sp³-hybridized carbons (Fsp3) is 0.125. The van der Waals surface area contributed by atoms with Crippen molar-refractivity contribution in [1.82, 2.24) is 4.98 Å². The maximum atomic E-state index is 13.1. The summed E-state index contributed by atoms with van der Waals surface area (Å²) in [6.07, 6.45) is 0. The zero-order valence-electron chi connectivity index (χ0n) is 11.6. The van der Waals surface area contributed by atoms with E-state index >= 15 is 0 Å². The van der Waals surface area contributed by atoms with Crippen LogP contribution in [0.4, 0.5) is 9.52 Å². The molecule has 3 aromatic rings. The third-order valence-corrected chi connectivity index (χ3v) is 4.88. The second-order valence-corrected chi connectivity index (χ2v) is 6.67. The third kappa shape index (κ3) is 3.84. The van der Waals surface area contributed by atoms with E-state index in [0.717, 1.165) is 10.5 Å². The molecule has 6 heteroatoms. The van der Waals surface area contributed by atoms with Gasteiger partial charge in [0.15, 0.2) is 5.13 Å². The van der Waals surface area contributed by atoms with Gasteiger partial charge in [0, 0.05) is 5.75 Å². The molecule has 0 atom stereocenters. The zero-order valence-corrected chi connectivity index (χ0v) is 13.2. The molecule has 0 spiro atoms. The molecule has 2 aromatic carbocycles. The van der Waals surface area contributed by atoms with Crippen LogP contribution in [0.2, 0.25) is 0 Å². The van der Waals surface area contributed by atoms with Gasteiger partial charge in [-0.2, -0.15) is 0 Å². The molecule has 3 nitrogen and oxygen atoms in total. The quantitative estimate of drug-likeness (QED) is 0.757. The van der Waals surface area contributed by atoms with Gasteiger partial charge in [0.1, 0.15) is 5.82 Å². The third-order valence-electron chi connectivity index (χ3n) is 2.94. The molecular weight excluding hydrogens is 319 g/mol. The molecule has 1 heterocycles. The lowest BCUT2D eigenvalue weighted by Gasteiger charge is -2.02. The van der Waals surface area contributed by atoms with Gasteiger partial charge in [0.05, 0.1) is 16.0 Å². The number of carbonyl (C=O) groups excluding carboxylic acids is 1. The van der Waals surface area contributed by atoms with Crippen molar-refractivity contribution in [3.8, 4) is 0 Å². The number of thioether (sulfide) groups is 1.